The minimum atomic E-state index is -4.45. The van der Waals surface area contributed by atoms with Gasteiger partial charge in [0.25, 0.3) is 10.0 Å². The van der Waals surface area contributed by atoms with Crippen molar-refractivity contribution in [3.63, 3.8) is 0 Å². The lowest BCUT2D eigenvalue weighted by Crippen LogP contribution is -2.23. The minimum absolute atomic E-state index is 0.0587. The molecule has 7 nitrogen and oxygen atoms in total. The minimum Gasteiger partial charge on any atom is -0.373 e. The van der Waals surface area contributed by atoms with Gasteiger partial charge in [-0.2, -0.15) is 12.2 Å². The van der Waals surface area contributed by atoms with Crippen LogP contribution in [0, 0.1) is 11.6 Å². The summed E-state index contributed by atoms with van der Waals surface area (Å²) >= 11 is 13.3. The molecule has 1 heterocycles. The summed E-state index contributed by atoms with van der Waals surface area (Å²) in [6.07, 6.45) is 0.818. The summed E-state index contributed by atoms with van der Waals surface area (Å²) in [4.78, 5) is 4.97. The van der Waals surface area contributed by atoms with Crippen molar-refractivity contribution < 1.29 is 17.2 Å². The van der Waals surface area contributed by atoms with Crippen LogP contribution < -0.4 is 19.4 Å². The smallest absolute Gasteiger partial charge is 0.282 e. The molecule has 3 aromatic rings. The van der Waals surface area contributed by atoms with Gasteiger partial charge in [-0.15, -0.1) is 11.3 Å². The van der Waals surface area contributed by atoms with Crippen LogP contribution in [0.3, 0.4) is 0 Å². The van der Waals surface area contributed by atoms with E-state index in [1.807, 2.05) is 11.9 Å². The third-order valence-electron chi connectivity index (χ3n) is 4.67. The molecule has 2 aromatic carbocycles. The molecule has 0 aliphatic heterocycles. The first kappa shape index (κ1) is 25.4. The molecule has 0 aliphatic carbocycles. The Balaban J connectivity index is 1.91. The lowest BCUT2D eigenvalue weighted by Gasteiger charge is -2.23. The Morgan fingerprint density at radius 1 is 1.18 bits per heavy atom. The topological polar surface area (TPSA) is 77.6 Å². The maximum Gasteiger partial charge on any atom is 0.282 e. The highest BCUT2D eigenvalue weighted by Gasteiger charge is 2.29. The van der Waals surface area contributed by atoms with Gasteiger partial charge >= 0.3 is 0 Å². The van der Waals surface area contributed by atoms with Gasteiger partial charge in [0.1, 0.15) is 16.5 Å². The fraction of sp³-hybridized carbons (Fsp3) is 0.250. The molecule has 0 bridgehead atoms. The van der Waals surface area contributed by atoms with Crippen molar-refractivity contribution in [2.24, 2.45) is 0 Å². The predicted molar refractivity (Wildman–Crippen MR) is 131 cm³/mol. The molecule has 0 radical (unpaired) electrons. The van der Waals surface area contributed by atoms with Gasteiger partial charge < -0.3 is 15.5 Å². The first-order valence-corrected chi connectivity index (χ1v) is 12.8. The summed E-state index contributed by atoms with van der Waals surface area (Å²) in [5.41, 5.74) is 2.52. The van der Waals surface area contributed by atoms with Gasteiger partial charge in [0.15, 0.2) is 5.82 Å². The van der Waals surface area contributed by atoms with E-state index in [1.54, 1.807) is 7.05 Å². The molecule has 0 saturated heterocycles. The van der Waals surface area contributed by atoms with Crippen molar-refractivity contribution in [2.45, 2.75) is 11.3 Å². The van der Waals surface area contributed by atoms with Crippen molar-refractivity contribution in [2.75, 3.05) is 41.2 Å². The first-order chi connectivity index (χ1) is 15.6. The van der Waals surface area contributed by atoms with Gasteiger partial charge in [0.05, 0.1) is 27.6 Å². The molecule has 178 valence electrons. The number of halogens is 4. The Morgan fingerprint density at radius 3 is 2.61 bits per heavy atom. The van der Waals surface area contributed by atoms with Crippen LogP contribution in [0.15, 0.2) is 46.1 Å². The van der Waals surface area contributed by atoms with Gasteiger partial charge in [-0.05, 0) is 44.3 Å². The molecule has 0 spiro atoms. The highest BCUT2D eigenvalue weighted by atomic mass is 35.5. The van der Waals surface area contributed by atoms with Crippen LogP contribution >= 0.6 is 34.7 Å². The van der Waals surface area contributed by atoms with E-state index in [1.165, 1.54) is 29.1 Å². The number of anilines is 4. The normalized spacial score (nSPS) is 11.5. The second-order valence-electron chi connectivity index (χ2n) is 6.99. The average Bonchev–Trinajstić information content (AvgIpc) is 3.31. The van der Waals surface area contributed by atoms with Crippen LogP contribution in [-0.2, 0) is 10.0 Å². The Bertz CT molecular complexity index is 1210. The van der Waals surface area contributed by atoms with E-state index >= 15 is 0 Å². The van der Waals surface area contributed by atoms with Crippen molar-refractivity contribution in [1.82, 2.24) is 10.3 Å². The molecule has 2 N–H and O–H groups in total. The van der Waals surface area contributed by atoms with Crippen LogP contribution in [0.4, 0.5) is 31.7 Å². The van der Waals surface area contributed by atoms with Crippen molar-refractivity contribution >= 4 is 67.6 Å². The maximum atomic E-state index is 14.9. The molecule has 1 aromatic heterocycles. The molecule has 0 unspecified atom stereocenters. The van der Waals surface area contributed by atoms with Crippen LogP contribution in [-0.4, -0.2) is 40.6 Å². The Morgan fingerprint density at radius 2 is 1.94 bits per heavy atom. The number of hydrogen-bond donors (Lipinski definition) is 2. The van der Waals surface area contributed by atoms with Gasteiger partial charge in [0, 0.05) is 36.8 Å². The number of nitrogens with zero attached hydrogens (tertiary/aromatic N) is 3. The Labute approximate surface area is 205 Å². The first-order valence-electron chi connectivity index (χ1n) is 9.65. The fourth-order valence-corrected chi connectivity index (χ4v) is 5.33. The highest BCUT2D eigenvalue weighted by Crippen LogP contribution is 2.36. The summed E-state index contributed by atoms with van der Waals surface area (Å²) in [6.45, 7) is 1.42. The van der Waals surface area contributed by atoms with Crippen molar-refractivity contribution in [3.05, 3.63) is 57.9 Å². The van der Waals surface area contributed by atoms with Gasteiger partial charge in [-0.1, -0.05) is 11.6 Å². The summed E-state index contributed by atoms with van der Waals surface area (Å²) in [5.74, 6) is -1.55. The van der Waals surface area contributed by atoms with Crippen LogP contribution in [0.1, 0.15) is 6.42 Å². The molecule has 0 atom stereocenters. The van der Waals surface area contributed by atoms with Crippen molar-refractivity contribution in [1.29, 1.82) is 0 Å². The third-order valence-corrected chi connectivity index (χ3v) is 7.75. The standard InChI is InChI=1S/C20H21Cl2F2N5O2S2/c1-25-6-3-7-28(2)18-8-13(23)4-5-16(18)27-17-10-15(24)19(9-14(17)21)33(30,31)29(22)20-11-32-12-26-20/h4-5,8-12,25,27H,3,6-7H2,1-2H3. The second-order valence-corrected chi connectivity index (χ2v) is 10.4. The van der Waals surface area contributed by atoms with E-state index in [2.05, 4.69) is 15.6 Å². The molecular formula is C20H21Cl2F2N5O2S2. The van der Waals surface area contributed by atoms with E-state index in [0.717, 1.165) is 36.4 Å². The highest BCUT2D eigenvalue weighted by molar-refractivity contribution is 7.94. The third kappa shape index (κ3) is 5.85. The summed E-state index contributed by atoms with van der Waals surface area (Å²) < 4.78 is 54.7. The van der Waals surface area contributed by atoms with E-state index in [0.29, 0.717) is 21.7 Å². The van der Waals surface area contributed by atoms with Crippen LogP contribution in [0.25, 0.3) is 0 Å². The molecule has 13 heteroatoms. The number of nitrogens with one attached hydrogen (secondary N) is 2. The van der Waals surface area contributed by atoms with Crippen molar-refractivity contribution in [3.8, 4) is 0 Å². The van der Waals surface area contributed by atoms with Gasteiger partial charge in [0.2, 0.25) is 0 Å². The zero-order valence-electron chi connectivity index (χ0n) is 17.6. The lowest BCUT2D eigenvalue weighted by molar-refractivity contribution is 0.568. The molecule has 3 rings (SSSR count). The molecular weight excluding hydrogens is 515 g/mol. The molecule has 0 amide bonds. The number of rotatable bonds is 10. The van der Waals surface area contributed by atoms with Gasteiger partial charge in [-0.3, -0.25) is 0 Å². The zero-order chi connectivity index (χ0) is 24.2. The van der Waals surface area contributed by atoms with Crippen LogP contribution in [0.5, 0.6) is 0 Å². The summed E-state index contributed by atoms with van der Waals surface area (Å²) in [5, 5.41) is 7.36. The number of benzene rings is 2. The van der Waals surface area contributed by atoms with E-state index in [-0.39, 0.29) is 16.5 Å². The predicted octanol–water partition coefficient (Wildman–Crippen LogP) is 5.21. The summed E-state index contributed by atoms with van der Waals surface area (Å²) in [7, 11) is -0.803. The van der Waals surface area contributed by atoms with E-state index in [4.69, 9.17) is 23.4 Å². The zero-order valence-corrected chi connectivity index (χ0v) is 20.8. The molecule has 0 saturated carbocycles. The molecule has 33 heavy (non-hydrogen) atoms. The Kier molecular flexibility index (Phi) is 8.35. The quantitative estimate of drug-likeness (QED) is 0.274. The SMILES string of the molecule is CNCCCN(C)c1cc(F)ccc1Nc1cc(F)c(S(=O)(=O)N(Cl)c2cscn2)cc1Cl. The number of sulfonamides is 1. The molecule has 0 fully saturated rings. The van der Waals surface area contributed by atoms with Gasteiger partial charge in [-0.25, -0.2) is 13.8 Å². The summed E-state index contributed by atoms with van der Waals surface area (Å²) in [6, 6.07) is 6.03. The largest absolute Gasteiger partial charge is 0.373 e. The average molecular weight is 536 g/mol. The molecule has 0 aliphatic rings. The van der Waals surface area contributed by atoms with E-state index < -0.39 is 26.6 Å². The number of thiazole rings is 1. The number of hydrogen-bond acceptors (Lipinski definition) is 7. The van der Waals surface area contributed by atoms with E-state index in [9.17, 15) is 17.2 Å². The fourth-order valence-electron chi connectivity index (χ4n) is 3.01. The monoisotopic (exact) mass is 535 g/mol. The van der Waals surface area contributed by atoms with Crippen LogP contribution in [0.2, 0.25) is 5.02 Å². The Hall–Kier alpha value is -2.18. The number of aromatic nitrogens is 1. The second kappa shape index (κ2) is 10.8. The maximum absolute atomic E-state index is 14.9. The lowest BCUT2D eigenvalue weighted by atomic mass is 10.2.